The number of hydrogen-bond donors (Lipinski definition) is 2. The number of halogens is 1. The van der Waals surface area contributed by atoms with Gasteiger partial charge in [-0.15, -0.1) is 12.4 Å². The highest BCUT2D eigenvalue weighted by Gasteiger charge is 2.49. The number of aliphatic hydroxyl groups is 1. The average molecular weight is 328 g/mol. The Kier molecular flexibility index (Phi) is 4.14. The summed E-state index contributed by atoms with van der Waals surface area (Å²) in [7, 11) is 0. The van der Waals surface area contributed by atoms with Crippen LogP contribution in [0.25, 0.3) is 0 Å². The van der Waals surface area contributed by atoms with Gasteiger partial charge in [0.05, 0.1) is 6.04 Å². The third-order valence-corrected chi connectivity index (χ3v) is 4.97. The van der Waals surface area contributed by atoms with Crippen molar-refractivity contribution in [3.63, 3.8) is 0 Å². The monoisotopic (exact) mass is 327 g/mol. The fourth-order valence-corrected chi connectivity index (χ4v) is 3.78. The van der Waals surface area contributed by atoms with Gasteiger partial charge in [0.15, 0.2) is 11.5 Å². The fraction of sp³-hybridized carbons (Fsp3) is 0.625. The van der Waals surface area contributed by atoms with Gasteiger partial charge in [-0.1, -0.05) is 6.42 Å². The molecule has 0 amide bonds. The highest BCUT2D eigenvalue weighted by Crippen LogP contribution is 2.52. The van der Waals surface area contributed by atoms with Crippen LogP contribution in [0.15, 0.2) is 12.1 Å². The minimum Gasteiger partial charge on any atom is -0.486 e. The summed E-state index contributed by atoms with van der Waals surface area (Å²) in [6, 6.07) is 3.27. The summed E-state index contributed by atoms with van der Waals surface area (Å²) < 4.78 is 17.7. The Bertz CT molecular complexity index is 559. The van der Waals surface area contributed by atoms with E-state index in [0.717, 1.165) is 25.7 Å². The molecule has 1 aliphatic carbocycles. The lowest BCUT2D eigenvalue weighted by Gasteiger charge is -2.48. The molecule has 0 aromatic heterocycles. The van der Waals surface area contributed by atoms with Crippen LogP contribution in [-0.4, -0.2) is 30.0 Å². The second-order valence-electron chi connectivity index (χ2n) is 6.21. The second kappa shape index (κ2) is 5.80. The van der Waals surface area contributed by atoms with Crippen LogP contribution in [0, 0.1) is 0 Å². The summed E-state index contributed by atoms with van der Waals surface area (Å²) in [4.78, 5) is 0. The first-order valence-corrected chi connectivity index (χ1v) is 7.76. The summed E-state index contributed by atoms with van der Waals surface area (Å²) in [5, 5.41) is 10.6. The lowest BCUT2D eigenvalue weighted by Crippen LogP contribution is -2.58. The predicted octanol–water partition coefficient (Wildman–Crippen LogP) is 2.34. The predicted molar refractivity (Wildman–Crippen MR) is 84.1 cm³/mol. The van der Waals surface area contributed by atoms with E-state index in [0.29, 0.717) is 36.0 Å². The van der Waals surface area contributed by atoms with E-state index in [9.17, 15) is 5.11 Å². The van der Waals surface area contributed by atoms with Crippen molar-refractivity contribution in [2.45, 2.75) is 49.9 Å². The van der Waals surface area contributed by atoms with Crippen LogP contribution in [-0.2, 0) is 0 Å². The molecule has 122 valence electrons. The van der Waals surface area contributed by atoms with Gasteiger partial charge in [0.25, 0.3) is 0 Å². The largest absolute Gasteiger partial charge is 0.486 e. The zero-order valence-corrected chi connectivity index (χ0v) is 13.2. The fourth-order valence-electron chi connectivity index (χ4n) is 3.78. The maximum atomic E-state index is 10.6. The van der Waals surface area contributed by atoms with E-state index in [1.807, 2.05) is 12.1 Å². The molecular formula is C16H22ClNO4. The number of hydrogen-bond acceptors (Lipinski definition) is 5. The van der Waals surface area contributed by atoms with Gasteiger partial charge in [-0.2, -0.15) is 0 Å². The van der Waals surface area contributed by atoms with Crippen molar-refractivity contribution in [2.24, 2.45) is 5.73 Å². The number of benzene rings is 1. The number of rotatable bonds is 0. The van der Waals surface area contributed by atoms with Crippen LogP contribution in [0.4, 0.5) is 0 Å². The zero-order valence-electron chi connectivity index (χ0n) is 12.4. The first kappa shape index (κ1) is 15.7. The first-order chi connectivity index (χ1) is 10.2. The van der Waals surface area contributed by atoms with E-state index in [1.165, 1.54) is 6.42 Å². The maximum Gasteiger partial charge on any atom is 0.204 e. The van der Waals surface area contributed by atoms with Gasteiger partial charge < -0.3 is 25.1 Å². The van der Waals surface area contributed by atoms with Crippen molar-refractivity contribution >= 4 is 12.4 Å². The van der Waals surface area contributed by atoms with Gasteiger partial charge >= 0.3 is 0 Å². The Morgan fingerprint density at radius 2 is 1.77 bits per heavy atom. The van der Waals surface area contributed by atoms with E-state index in [4.69, 9.17) is 19.9 Å². The van der Waals surface area contributed by atoms with Gasteiger partial charge in [-0.05, 0) is 37.8 Å². The summed E-state index contributed by atoms with van der Waals surface area (Å²) in [5.74, 6) is 1.94. The van der Waals surface area contributed by atoms with Crippen molar-refractivity contribution in [1.82, 2.24) is 0 Å². The normalized spacial score (nSPS) is 28.3. The molecule has 3 aliphatic rings. The first-order valence-electron chi connectivity index (χ1n) is 7.76. The zero-order chi connectivity index (χ0) is 14.4. The van der Waals surface area contributed by atoms with Crippen molar-refractivity contribution in [1.29, 1.82) is 0 Å². The van der Waals surface area contributed by atoms with Crippen molar-refractivity contribution in [2.75, 3.05) is 13.2 Å². The maximum absolute atomic E-state index is 10.6. The molecule has 2 atom stereocenters. The standard InChI is InChI=1S/C16H21NO4.ClH/c17-15-12(18)10-4-5-11-14(20-9-8-19-11)13(10)21-16(15)6-2-1-3-7-16;/h4-5,12,15,18H,1-3,6-9,17H2;1H. The van der Waals surface area contributed by atoms with Crippen LogP contribution in [0.1, 0.15) is 43.8 Å². The lowest BCUT2D eigenvalue weighted by atomic mass is 9.74. The van der Waals surface area contributed by atoms with Crippen molar-refractivity contribution in [3.05, 3.63) is 17.7 Å². The van der Waals surface area contributed by atoms with E-state index in [-0.39, 0.29) is 12.4 Å². The second-order valence-corrected chi connectivity index (χ2v) is 6.21. The lowest BCUT2D eigenvalue weighted by molar-refractivity contribution is -0.0608. The van der Waals surface area contributed by atoms with Crippen LogP contribution in [0.3, 0.4) is 0 Å². The molecule has 0 bridgehead atoms. The summed E-state index contributed by atoms with van der Waals surface area (Å²) in [6.07, 6.45) is 4.42. The summed E-state index contributed by atoms with van der Waals surface area (Å²) >= 11 is 0. The van der Waals surface area contributed by atoms with Crippen LogP contribution in [0.5, 0.6) is 17.2 Å². The number of aliphatic hydroxyl groups excluding tert-OH is 1. The molecule has 1 saturated carbocycles. The Morgan fingerprint density at radius 1 is 1.05 bits per heavy atom. The van der Waals surface area contributed by atoms with E-state index in [1.54, 1.807) is 0 Å². The van der Waals surface area contributed by atoms with Gasteiger partial charge in [0.1, 0.15) is 24.9 Å². The van der Waals surface area contributed by atoms with Crippen molar-refractivity contribution in [3.8, 4) is 17.2 Å². The molecule has 1 aromatic rings. The highest BCUT2D eigenvalue weighted by atomic mass is 35.5. The smallest absolute Gasteiger partial charge is 0.204 e. The number of fused-ring (bicyclic) bond motifs is 3. The minimum absolute atomic E-state index is 0. The van der Waals surface area contributed by atoms with Gasteiger partial charge in [-0.25, -0.2) is 0 Å². The molecular weight excluding hydrogens is 306 g/mol. The molecule has 2 unspecified atom stereocenters. The van der Waals surface area contributed by atoms with Crippen LogP contribution < -0.4 is 19.9 Å². The highest BCUT2D eigenvalue weighted by molar-refractivity contribution is 5.85. The molecule has 0 radical (unpaired) electrons. The molecule has 6 heteroatoms. The number of ether oxygens (including phenoxy) is 3. The summed E-state index contributed by atoms with van der Waals surface area (Å²) in [5.41, 5.74) is 6.57. The molecule has 5 nitrogen and oxygen atoms in total. The Morgan fingerprint density at radius 3 is 2.55 bits per heavy atom. The summed E-state index contributed by atoms with van der Waals surface area (Å²) in [6.45, 7) is 1.04. The topological polar surface area (TPSA) is 73.9 Å². The van der Waals surface area contributed by atoms with Gasteiger partial charge in [-0.3, -0.25) is 0 Å². The third-order valence-electron chi connectivity index (χ3n) is 4.97. The molecule has 1 aromatic carbocycles. The quantitative estimate of drug-likeness (QED) is 0.765. The van der Waals surface area contributed by atoms with E-state index in [2.05, 4.69) is 0 Å². The molecule has 4 rings (SSSR count). The molecule has 1 fully saturated rings. The number of nitrogens with two attached hydrogens (primary N) is 1. The van der Waals surface area contributed by atoms with Gasteiger partial charge in [0.2, 0.25) is 5.75 Å². The molecule has 3 N–H and O–H groups in total. The Balaban J connectivity index is 0.00000144. The molecule has 0 saturated heterocycles. The van der Waals surface area contributed by atoms with Gasteiger partial charge in [0, 0.05) is 5.56 Å². The average Bonchev–Trinajstić information content (AvgIpc) is 2.54. The van der Waals surface area contributed by atoms with E-state index >= 15 is 0 Å². The third kappa shape index (κ3) is 2.23. The SMILES string of the molecule is Cl.NC1C(O)c2ccc3c(c2OC12CCCCC2)OCCO3. The minimum atomic E-state index is -0.720. The Labute approximate surface area is 136 Å². The van der Waals surface area contributed by atoms with Crippen molar-refractivity contribution < 1.29 is 19.3 Å². The Hall–Kier alpha value is -1.17. The molecule has 1 spiro atoms. The molecule has 2 aliphatic heterocycles. The van der Waals surface area contributed by atoms with Crippen LogP contribution in [0.2, 0.25) is 0 Å². The van der Waals surface area contributed by atoms with E-state index < -0.39 is 17.7 Å². The van der Waals surface area contributed by atoms with Crippen LogP contribution >= 0.6 is 12.4 Å². The molecule has 22 heavy (non-hydrogen) atoms. The molecule has 2 heterocycles.